The minimum absolute atomic E-state index is 0.0757. The van der Waals surface area contributed by atoms with E-state index in [-0.39, 0.29) is 23.7 Å². The van der Waals surface area contributed by atoms with Crippen molar-refractivity contribution in [1.29, 1.82) is 0 Å². The van der Waals surface area contributed by atoms with Gasteiger partial charge >= 0.3 is 0 Å². The average molecular weight is 426 g/mol. The van der Waals surface area contributed by atoms with Crippen molar-refractivity contribution in [3.05, 3.63) is 59.2 Å². The molecule has 0 bridgehead atoms. The van der Waals surface area contributed by atoms with Crippen LogP contribution in [0.1, 0.15) is 78.2 Å². The van der Waals surface area contributed by atoms with E-state index in [4.69, 9.17) is 14.2 Å². The molecule has 0 amide bonds. The molecule has 2 atom stereocenters. The summed E-state index contributed by atoms with van der Waals surface area (Å²) in [6.07, 6.45) is -0.362. The normalized spacial score (nSPS) is 20.3. The van der Waals surface area contributed by atoms with Gasteiger partial charge in [0.2, 0.25) is 0 Å². The molecule has 0 aromatic heterocycles. The maximum absolute atomic E-state index is 6.51. The van der Waals surface area contributed by atoms with Crippen molar-refractivity contribution in [2.45, 2.75) is 91.3 Å². The summed E-state index contributed by atoms with van der Waals surface area (Å²) >= 11 is 0. The quantitative estimate of drug-likeness (QED) is 0.540. The smallest absolute Gasteiger partial charge is 0.132 e. The lowest BCUT2D eigenvalue weighted by molar-refractivity contribution is -0.177. The van der Waals surface area contributed by atoms with E-state index >= 15 is 0 Å². The monoisotopic (exact) mass is 425 g/mol. The number of rotatable bonds is 7. The highest BCUT2D eigenvalue weighted by molar-refractivity contribution is 5.53. The minimum Gasteiger partial charge on any atom is -0.485 e. The van der Waals surface area contributed by atoms with E-state index in [1.54, 1.807) is 0 Å². The average Bonchev–Trinajstić information content (AvgIpc) is 2.67. The van der Waals surface area contributed by atoms with Crippen molar-refractivity contribution in [2.75, 3.05) is 11.9 Å². The molecular formula is C27H39NO3. The zero-order valence-electron chi connectivity index (χ0n) is 20.4. The second-order valence-corrected chi connectivity index (χ2v) is 10.3. The summed E-state index contributed by atoms with van der Waals surface area (Å²) in [5, 5.41) is 3.39. The molecule has 1 aliphatic rings. The van der Waals surface area contributed by atoms with E-state index in [0.29, 0.717) is 6.61 Å². The molecule has 1 N–H and O–H groups in total. The molecule has 170 valence electrons. The lowest BCUT2D eigenvalue weighted by Gasteiger charge is -2.45. The van der Waals surface area contributed by atoms with Gasteiger partial charge in [0, 0.05) is 17.8 Å². The van der Waals surface area contributed by atoms with Crippen LogP contribution in [-0.4, -0.2) is 24.4 Å². The number of nitrogens with one attached hydrogen (secondary N) is 1. The van der Waals surface area contributed by atoms with Crippen molar-refractivity contribution in [3.63, 3.8) is 0 Å². The number of hydrogen-bond donors (Lipinski definition) is 1. The molecule has 0 aliphatic carbocycles. The van der Waals surface area contributed by atoms with E-state index < -0.39 is 5.60 Å². The van der Waals surface area contributed by atoms with Crippen LogP contribution in [0.3, 0.4) is 0 Å². The van der Waals surface area contributed by atoms with Gasteiger partial charge in [0.15, 0.2) is 0 Å². The molecule has 3 rings (SSSR count). The maximum Gasteiger partial charge on any atom is 0.132 e. The highest BCUT2D eigenvalue weighted by atomic mass is 16.6. The Morgan fingerprint density at radius 2 is 1.74 bits per heavy atom. The fraction of sp³-hybridized carbons (Fsp3) is 0.556. The molecule has 0 saturated carbocycles. The van der Waals surface area contributed by atoms with Gasteiger partial charge in [-0.3, -0.25) is 0 Å². The van der Waals surface area contributed by atoms with Crippen LogP contribution in [0.5, 0.6) is 5.75 Å². The van der Waals surface area contributed by atoms with Crippen LogP contribution < -0.4 is 10.1 Å². The summed E-state index contributed by atoms with van der Waals surface area (Å²) in [4.78, 5) is 0. The van der Waals surface area contributed by atoms with Gasteiger partial charge in [-0.1, -0.05) is 45.0 Å². The SMILES string of the molecule is CCNc1ccc2c(c1)C(OC(C)C)C(OCc1ccc(C(C)(C)C)cc1)C(C)(C)O2. The molecule has 0 saturated heterocycles. The molecule has 2 aromatic rings. The van der Waals surface area contributed by atoms with Gasteiger partial charge in [0.05, 0.1) is 12.7 Å². The third-order valence-electron chi connectivity index (χ3n) is 5.70. The van der Waals surface area contributed by atoms with Gasteiger partial charge < -0.3 is 19.5 Å². The molecule has 1 aliphatic heterocycles. The molecule has 1 heterocycles. The molecular weight excluding hydrogens is 386 g/mol. The first-order chi connectivity index (χ1) is 14.5. The van der Waals surface area contributed by atoms with Crippen LogP contribution in [-0.2, 0) is 21.5 Å². The van der Waals surface area contributed by atoms with E-state index in [1.165, 1.54) is 5.56 Å². The van der Waals surface area contributed by atoms with E-state index in [2.05, 4.69) is 97.1 Å². The van der Waals surface area contributed by atoms with Crippen molar-refractivity contribution in [2.24, 2.45) is 0 Å². The van der Waals surface area contributed by atoms with Gasteiger partial charge in [0.1, 0.15) is 23.6 Å². The van der Waals surface area contributed by atoms with Crippen molar-refractivity contribution in [3.8, 4) is 5.75 Å². The van der Waals surface area contributed by atoms with Crippen LogP contribution in [0.25, 0.3) is 0 Å². The molecule has 4 nitrogen and oxygen atoms in total. The molecule has 4 heteroatoms. The zero-order chi connectivity index (χ0) is 22.8. The lowest BCUT2D eigenvalue weighted by atomic mass is 9.86. The highest BCUT2D eigenvalue weighted by Crippen LogP contribution is 2.45. The summed E-state index contributed by atoms with van der Waals surface area (Å²) in [5.74, 6) is 0.867. The maximum atomic E-state index is 6.51. The number of benzene rings is 2. The molecule has 0 spiro atoms. The summed E-state index contributed by atoms with van der Waals surface area (Å²) in [7, 11) is 0. The largest absolute Gasteiger partial charge is 0.485 e. The minimum atomic E-state index is -0.516. The second-order valence-electron chi connectivity index (χ2n) is 10.3. The summed E-state index contributed by atoms with van der Waals surface area (Å²) in [5.41, 5.74) is 4.21. The van der Waals surface area contributed by atoms with Crippen LogP contribution in [0.15, 0.2) is 42.5 Å². The Hall–Kier alpha value is -2.04. The number of ether oxygens (including phenoxy) is 3. The summed E-state index contributed by atoms with van der Waals surface area (Å²) in [6, 6.07) is 14.9. The summed E-state index contributed by atoms with van der Waals surface area (Å²) < 4.78 is 19.3. The zero-order valence-corrected chi connectivity index (χ0v) is 20.4. The highest BCUT2D eigenvalue weighted by Gasteiger charge is 2.46. The Labute approximate surface area is 188 Å². The van der Waals surface area contributed by atoms with Crippen LogP contribution in [0.2, 0.25) is 0 Å². The van der Waals surface area contributed by atoms with Crippen molar-refractivity contribution >= 4 is 5.69 Å². The van der Waals surface area contributed by atoms with Gasteiger partial charge in [0.25, 0.3) is 0 Å². The predicted molar refractivity (Wildman–Crippen MR) is 128 cm³/mol. The van der Waals surface area contributed by atoms with Crippen LogP contribution in [0.4, 0.5) is 5.69 Å². The molecule has 2 aromatic carbocycles. The second kappa shape index (κ2) is 9.22. The van der Waals surface area contributed by atoms with Crippen LogP contribution >= 0.6 is 0 Å². The molecule has 0 fully saturated rings. The Morgan fingerprint density at radius 1 is 1.06 bits per heavy atom. The van der Waals surface area contributed by atoms with Gasteiger partial charge in [-0.15, -0.1) is 0 Å². The Bertz CT molecular complexity index is 865. The summed E-state index contributed by atoms with van der Waals surface area (Å²) in [6.45, 7) is 18.5. The predicted octanol–water partition coefficient (Wildman–Crippen LogP) is 6.64. The topological polar surface area (TPSA) is 39.7 Å². The third-order valence-corrected chi connectivity index (χ3v) is 5.70. The van der Waals surface area contributed by atoms with Gasteiger partial charge in [-0.2, -0.15) is 0 Å². The Balaban J connectivity index is 1.87. The van der Waals surface area contributed by atoms with Crippen molar-refractivity contribution < 1.29 is 14.2 Å². The number of hydrogen-bond acceptors (Lipinski definition) is 4. The molecule has 0 radical (unpaired) electrons. The fourth-order valence-corrected chi connectivity index (χ4v) is 4.06. The van der Waals surface area contributed by atoms with Gasteiger partial charge in [-0.25, -0.2) is 0 Å². The van der Waals surface area contributed by atoms with E-state index in [1.807, 2.05) is 6.07 Å². The first-order valence-corrected chi connectivity index (χ1v) is 11.4. The first-order valence-electron chi connectivity index (χ1n) is 11.4. The first kappa shape index (κ1) is 23.6. The van der Waals surface area contributed by atoms with Gasteiger partial charge in [-0.05, 0) is 69.4 Å². The van der Waals surface area contributed by atoms with Crippen LogP contribution in [0, 0.1) is 0 Å². The third kappa shape index (κ3) is 5.61. The Kier molecular flexibility index (Phi) is 7.02. The fourth-order valence-electron chi connectivity index (χ4n) is 4.06. The standard InChI is InChI=1S/C27H39NO3/c1-9-28-21-14-15-23-22(16-21)24(30-18(2)3)25(27(7,8)31-23)29-17-19-10-12-20(13-11-19)26(4,5)6/h10-16,18,24-25,28H,9,17H2,1-8H3. The molecule has 31 heavy (non-hydrogen) atoms. The number of anilines is 1. The number of fused-ring (bicyclic) bond motifs is 1. The van der Waals surface area contributed by atoms with E-state index in [0.717, 1.165) is 29.1 Å². The van der Waals surface area contributed by atoms with E-state index in [9.17, 15) is 0 Å². The molecule has 2 unspecified atom stereocenters. The Morgan fingerprint density at radius 3 is 2.32 bits per heavy atom. The van der Waals surface area contributed by atoms with Crippen molar-refractivity contribution in [1.82, 2.24) is 0 Å². The lowest BCUT2D eigenvalue weighted by Crippen LogP contribution is -2.51.